The second-order valence-corrected chi connectivity index (χ2v) is 7.10. The molecular formula is C10H17NO4S. The molecule has 6 heteroatoms. The summed E-state index contributed by atoms with van der Waals surface area (Å²) in [5.74, 6) is 0.0992. The van der Waals surface area contributed by atoms with Crippen molar-refractivity contribution in [3.8, 4) is 0 Å². The van der Waals surface area contributed by atoms with Crippen molar-refractivity contribution < 1.29 is 18.3 Å². The van der Waals surface area contributed by atoms with E-state index in [9.17, 15) is 13.2 Å². The highest BCUT2D eigenvalue weighted by Gasteiger charge is 2.36. The molecule has 0 aromatic rings. The van der Waals surface area contributed by atoms with Crippen molar-refractivity contribution in [3.63, 3.8) is 0 Å². The molecule has 16 heavy (non-hydrogen) atoms. The molecular weight excluding hydrogens is 230 g/mol. The number of carboxylic acids is 1. The topological polar surface area (TPSA) is 74.7 Å². The summed E-state index contributed by atoms with van der Waals surface area (Å²) >= 11 is 0. The number of rotatable bonds is 3. The highest BCUT2D eigenvalue weighted by atomic mass is 32.2. The molecule has 2 aliphatic rings. The van der Waals surface area contributed by atoms with Crippen molar-refractivity contribution in [2.45, 2.75) is 25.3 Å². The van der Waals surface area contributed by atoms with E-state index in [1.54, 1.807) is 0 Å². The van der Waals surface area contributed by atoms with Crippen LogP contribution in [-0.4, -0.2) is 55.0 Å². The van der Waals surface area contributed by atoms with Gasteiger partial charge in [0.25, 0.3) is 0 Å². The summed E-state index contributed by atoms with van der Waals surface area (Å²) in [6.45, 7) is 1.63. The molecule has 0 aromatic heterocycles. The lowest BCUT2D eigenvalue weighted by atomic mass is 9.93. The van der Waals surface area contributed by atoms with E-state index < -0.39 is 15.8 Å². The normalized spacial score (nSPS) is 27.5. The SMILES string of the molecule is O=C(O)CC1CN(C2CCS(=O)(=O)CC2)C1. The molecule has 0 aliphatic carbocycles. The fourth-order valence-corrected chi connectivity index (χ4v) is 3.99. The van der Waals surface area contributed by atoms with E-state index in [0.29, 0.717) is 18.9 Å². The van der Waals surface area contributed by atoms with Gasteiger partial charge in [0.1, 0.15) is 9.84 Å². The first-order valence-electron chi connectivity index (χ1n) is 5.62. The van der Waals surface area contributed by atoms with Crippen LogP contribution >= 0.6 is 0 Å². The lowest BCUT2D eigenvalue weighted by molar-refractivity contribution is -0.139. The number of sulfone groups is 1. The molecule has 1 N–H and O–H groups in total. The Balaban J connectivity index is 1.75. The molecule has 0 radical (unpaired) electrons. The third kappa shape index (κ3) is 2.74. The van der Waals surface area contributed by atoms with E-state index >= 15 is 0 Å². The molecule has 5 nitrogen and oxygen atoms in total. The molecule has 0 saturated carbocycles. The number of nitrogens with zero attached hydrogens (tertiary/aromatic N) is 1. The number of aliphatic carboxylic acids is 1. The van der Waals surface area contributed by atoms with Crippen molar-refractivity contribution in [2.24, 2.45) is 5.92 Å². The fraction of sp³-hybridized carbons (Fsp3) is 0.900. The zero-order valence-electron chi connectivity index (χ0n) is 9.13. The van der Waals surface area contributed by atoms with Gasteiger partial charge in [0, 0.05) is 19.1 Å². The van der Waals surface area contributed by atoms with Crippen LogP contribution in [0.25, 0.3) is 0 Å². The van der Waals surface area contributed by atoms with Crippen molar-refractivity contribution in [2.75, 3.05) is 24.6 Å². The van der Waals surface area contributed by atoms with E-state index in [2.05, 4.69) is 4.90 Å². The predicted octanol–water partition coefficient (Wildman–Crippen LogP) is -0.0299. The van der Waals surface area contributed by atoms with E-state index in [4.69, 9.17) is 5.11 Å². The summed E-state index contributed by atoms with van der Waals surface area (Å²) in [5.41, 5.74) is 0. The largest absolute Gasteiger partial charge is 0.481 e. The Morgan fingerprint density at radius 2 is 1.81 bits per heavy atom. The highest BCUT2D eigenvalue weighted by Crippen LogP contribution is 2.27. The average Bonchev–Trinajstić information content (AvgIpc) is 2.11. The zero-order valence-corrected chi connectivity index (χ0v) is 9.95. The quantitative estimate of drug-likeness (QED) is 0.758. The van der Waals surface area contributed by atoms with E-state index in [-0.39, 0.29) is 23.8 Å². The average molecular weight is 247 g/mol. The Bertz CT molecular complexity index is 358. The van der Waals surface area contributed by atoms with Gasteiger partial charge < -0.3 is 5.11 Å². The van der Waals surface area contributed by atoms with E-state index in [1.165, 1.54) is 0 Å². The summed E-state index contributed by atoms with van der Waals surface area (Å²) in [5, 5.41) is 8.62. The number of hydrogen-bond donors (Lipinski definition) is 1. The van der Waals surface area contributed by atoms with E-state index in [1.807, 2.05) is 0 Å². The number of hydrogen-bond acceptors (Lipinski definition) is 4. The molecule has 0 spiro atoms. The monoisotopic (exact) mass is 247 g/mol. The van der Waals surface area contributed by atoms with E-state index in [0.717, 1.165) is 13.1 Å². The van der Waals surface area contributed by atoms with Gasteiger partial charge in [-0.2, -0.15) is 0 Å². The molecule has 0 amide bonds. The standard InChI is InChI=1S/C10H17NO4S/c12-10(13)5-8-6-11(7-8)9-1-3-16(14,15)4-2-9/h8-9H,1-7H2,(H,12,13). The Labute approximate surface area is 95.4 Å². The highest BCUT2D eigenvalue weighted by molar-refractivity contribution is 7.91. The molecule has 0 bridgehead atoms. The van der Waals surface area contributed by atoms with Crippen LogP contribution in [0.4, 0.5) is 0 Å². The van der Waals surface area contributed by atoms with Crippen LogP contribution in [-0.2, 0) is 14.6 Å². The van der Waals surface area contributed by atoms with Crippen LogP contribution in [0, 0.1) is 5.92 Å². The van der Waals surface area contributed by atoms with Gasteiger partial charge in [0.2, 0.25) is 0 Å². The Hall–Kier alpha value is -0.620. The van der Waals surface area contributed by atoms with Crippen molar-refractivity contribution in [3.05, 3.63) is 0 Å². The third-order valence-corrected chi connectivity index (χ3v) is 5.20. The third-order valence-electron chi connectivity index (χ3n) is 3.49. The van der Waals surface area contributed by atoms with Crippen LogP contribution < -0.4 is 0 Å². The first kappa shape index (κ1) is 11.9. The van der Waals surface area contributed by atoms with Gasteiger partial charge in [0.05, 0.1) is 17.9 Å². The van der Waals surface area contributed by atoms with Crippen LogP contribution in [0.3, 0.4) is 0 Å². The van der Waals surface area contributed by atoms with Gasteiger partial charge in [-0.3, -0.25) is 9.69 Å². The van der Waals surface area contributed by atoms with Crippen LogP contribution in [0.2, 0.25) is 0 Å². The summed E-state index contributed by atoms with van der Waals surface area (Å²) in [7, 11) is -2.79. The molecule has 2 saturated heterocycles. The van der Waals surface area contributed by atoms with Crippen LogP contribution in [0.1, 0.15) is 19.3 Å². The van der Waals surface area contributed by atoms with Crippen molar-refractivity contribution in [1.29, 1.82) is 0 Å². The molecule has 0 atom stereocenters. The smallest absolute Gasteiger partial charge is 0.303 e. The summed E-state index contributed by atoms with van der Waals surface area (Å²) in [6, 6.07) is 0.355. The van der Waals surface area contributed by atoms with Crippen LogP contribution in [0.15, 0.2) is 0 Å². The molecule has 2 aliphatic heterocycles. The lowest BCUT2D eigenvalue weighted by Crippen LogP contribution is -2.54. The molecule has 2 heterocycles. The Morgan fingerprint density at radius 3 is 2.31 bits per heavy atom. The second-order valence-electron chi connectivity index (χ2n) is 4.80. The summed E-state index contributed by atoms with van der Waals surface area (Å²) in [6.07, 6.45) is 1.66. The zero-order chi connectivity index (χ0) is 11.8. The van der Waals surface area contributed by atoms with Gasteiger partial charge in [-0.25, -0.2) is 8.42 Å². The van der Waals surface area contributed by atoms with Gasteiger partial charge in [0.15, 0.2) is 0 Å². The lowest BCUT2D eigenvalue weighted by Gasteiger charge is -2.45. The summed E-state index contributed by atoms with van der Waals surface area (Å²) < 4.78 is 22.5. The minimum atomic E-state index is -2.79. The Morgan fingerprint density at radius 1 is 1.25 bits per heavy atom. The Kier molecular flexibility index (Phi) is 3.21. The van der Waals surface area contributed by atoms with Crippen molar-refractivity contribution in [1.82, 2.24) is 4.90 Å². The maximum absolute atomic E-state index is 11.2. The van der Waals surface area contributed by atoms with Gasteiger partial charge in [-0.15, -0.1) is 0 Å². The van der Waals surface area contributed by atoms with Gasteiger partial charge in [-0.1, -0.05) is 0 Å². The number of carboxylic acid groups (broad SMARTS) is 1. The molecule has 92 valence electrons. The summed E-state index contributed by atoms with van der Waals surface area (Å²) in [4.78, 5) is 12.7. The minimum absolute atomic E-state index is 0.238. The molecule has 0 unspecified atom stereocenters. The number of likely N-dealkylation sites (tertiary alicyclic amines) is 1. The van der Waals surface area contributed by atoms with Gasteiger partial charge in [-0.05, 0) is 18.8 Å². The first-order chi connectivity index (χ1) is 7.46. The van der Waals surface area contributed by atoms with Crippen molar-refractivity contribution >= 4 is 15.8 Å². The first-order valence-corrected chi connectivity index (χ1v) is 7.45. The predicted molar refractivity (Wildman–Crippen MR) is 59.0 cm³/mol. The fourth-order valence-electron chi connectivity index (χ4n) is 2.53. The van der Waals surface area contributed by atoms with Crippen LogP contribution in [0.5, 0.6) is 0 Å². The molecule has 2 rings (SSSR count). The number of carbonyl (C=O) groups is 1. The maximum Gasteiger partial charge on any atom is 0.303 e. The maximum atomic E-state index is 11.2. The second kappa shape index (κ2) is 4.33. The molecule has 0 aromatic carbocycles. The molecule has 2 fully saturated rings. The van der Waals surface area contributed by atoms with Gasteiger partial charge >= 0.3 is 5.97 Å². The minimum Gasteiger partial charge on any atom is -0.481 e.